The third-order valence-corrected chi connectivity index (χ3v) is 2.71. The monoisotopic (exact) mass is 420 g/mol. The van der Waals surface area contributed by atoms with Crippen LogP contribution in [0.3, 0.4) is 0 Å². The second kappa shape index (κ2) is 5.81. The average Bonchev–Trinajstić information content (AvgIpc) is 2.60. The van der Waals surface area contributed by atoms with Crippen molar-refractivity contribution in [1.82, 2.24) is 9.55 Å². The van der Waals surface area contributed by atoms with Crippen molar-refractivity contribution in [3.05, 3.63) is 47.9 Å². The maximum absolute atomic E-state index is 4.38. The molecule has 2 heterocycles. The summed E-state index contributed by atoms with van der Waals surface area (Å²) in [4.78, 5) is 4.38. The number of rotatable bonds is 2. The maximum atomic E-state index is 4.38. The Balaban J connectivity index is 0.00000162. The van der Waals surface area contributed by atoms with Gasteiger partial charge in [-0.2, -0.15) is 0 Å². The van der Waals surface area contributed by atoms with Crippen LogP contribution in [0.2, 0.25) is 0 Å². The zero-order valence-corrected chi connectivity index (χ0v) is 13.7. The number of nitrogens with zero attached hydrogens (tertiary/aromatic N) is 2. The van der Waals surface area contributed by atoms with E-state index in [-0.39, 0.29) is 25.5 Å². The van der Waals surface area contributed by atoms with Gasteiger partial charge in [0.2, 0.25) is 0 Å². The molecule has 0 aliphatic rings. The van der Waals surface area contributed by atoms with E-state index in [2.05, 4.69) is 43.4 Å². The molecule has 0 saturated carbocycles. The van der Waals surface area contributed by atoms with E-state index in [1.54, 1.807) is 0 Å². The molecule has 0 saturated heterocycles. The standard InChI is InChI=1S/C15H19N2.Ir/c1-12-8-10-17(13(12)11-15(2,3)4)14-7-5-6-9-16-14;/h5-9H,11H2,1-4H3;/q-1;. The van der Waals surface area contributed by atoms with Crippen LogP contribution in [0.1, 0.15) is 32.0 Å². The summed E-state index contributed by atoms with van der Waals surface area (Å²) in [6.45, 7) is 8.89. The molecule has 2 aromatic rings. The normalized spacial score (nSPS) is 11.1. The Labute approximate surface area is 123 Å². The Morgan fingerprint density at radius 1 is 1.28 bits per heavy atom. The summed E-state index contributed by atoms with van der Waals surface area (Å²) in [7, 11) is 0. The zero-order valence-electron chi connectivity index (χ0n) is 11.3. The molecule has 3 heteroatoms. The second-order valence-electron chi connectivity index (χ2n) is 5.66. The van der Waals surface area contributed by atoms with Crippen LogP contribution < -0.4 is 0 Å². The largest absolute Gasteiger partial charge is 0.432 e. The quantitative estimate of drug-likeness (QED) is 0.681. The second-order valence-corrected chi connectivity index (χ2v) is 5.66. The van der Waals surface area contributed by atoms with Crippen molar-refractivity contribution >= 4 is 0 Å². The van der Waals surface area contributed by atoms with Gasteiger partial charge in [0.15, 0.2) is 0 Å². The first-order chi connectivity index (χ1) is 7.97. The van der Waals surface area contributed by atoms with Crippen molar-refractivity contribution in [2.24, 2.45) is 5.41 Å². The summed E-state index contributed by atoms with van der Waals surface area (Å²) in [6.07, 6.45) is 6.11. The molecule has 0 aliphatic carbocycles. The first kappa shape index (κ1) is 15.1. The number of hydrogen-bond donors (Lipinski definition) is 0. The average molecular weight is 420 g/mol. The van der Waals surface area contributed by atoms with Crippen molar-refractivity contribution in [3.8, 4) is 5.82 Å². The maximum Gasteiger partial charge on any atom is 0.0538 e. The minimum absolute atomic E-state index is 0. The van der Waals surface area contributed by atoms with Crippen LogP contribution in [0.5, 0.6) is 0 Å². The van der Waals surface area contributed by atoms with E-state index in [1.807, 2.05) is 30.5 Å². The first-order valence-electron chi connectivity index (χ1n) is 5.98. The van der Waals surface area contributed by atoms with E-state index in [0.29, 0.717) is 0 Å². The smallest absolute Gasteiger partial charge is 0.0538 e. The summed E-state index contributed by atoms with van der Waals surface area (Å²) in [5.41, 5.74) is 2.85. The third kappa shape index (κ3) is 3.53. The van der Waals surface area contributed by atoms with Gasteiger partial charge in [0.25, 0.3) is 0 Å². The molecule has 0 N–H and O–H groups in total. The van der Waals surface area contributed by atoms with Crippen LogP contribution in [-0.4, -0.2) is 9.55 Å². The van der Waals surface area contributed by atoms with Crippen LogP contribution >= 0.6 is 0 Å². The van der Waals surface area contributed by atoms with Gasteiger partial charge in [-0.25, -0.2) is 0 Å². The van der Waals surface area contributed by atoms with Crippen LogP contribution in [-0.2, 0) is 26.5 Å². The molecular formula is C15H19IrN2-. The molecule has 0 fully saturated rings. The molecular weight excluding hydrogens is 400 g/mol. The Kier molecular flexibility index (Phi) is 4.89. The molecule has 2 rings (SSSR count). The number of aromatic nitrogens is 2. The Morgan fingerprint density at radius 2 is 2.00 bits per heavy atom. The minimum atomic E-state index is 0. The van der Waals surface area contributed by atoms with Crippen LogP contribution in [0.4, 0.5) is 0 Å². The first-order valence-corrected chi connectivity index (χ1v) is 5.98. The Morgan fingerprint density at radius 3 is 2.56 bits per heavy atom. The van der Waals surface area contributed by atoms with Gasteiger partial charge in [-0.15, -0.1) is 11.6 Å². The van der Waals surface area contributed by atoms with Gasteiger partial charge in [-0.1, -0.05) is 58.1 Å². The summed E-state index contributed by atoms with van der Waals surface area (Å²) in [5.74, 6) is 0.944. The molecule has 99 valence electrons. The molecule has 0 spiro atoms. The van der Waals surface area contributed by atoms with Gasteiger partial charge in [-0.05, 0) is 11.5 Å². The van der Waals surface area contributed by atoms with Gasteiger partial charge in [-0.3, -0.25) is 4.98 Å². The van der Waals surface area contributed by atoms with E-state index in [1.165, 1.54) is 11.3 Å². The molecule has 0 aromatic carbocycles. The van der Waals surface area contributed by atoms with Gasteiger partial charge >= 0.3 is 0 Å². The van der Waals surface area contributed by atoms with Gasteiger partial charge < -0.3 is 4.57 Å². The SMILES string of the molecule is Cc1c[c-]n(-c2ccccn2)c1CC(C)(C)C.[Ir]. The molecule has 0 bridgehead atoms. The third-order valence-electron chi connectivity index (χ3n) is 2.71. The van der Waals surface area contributed by atoms with E-state index < -0.39 is 0 Å². The molecule has 0 atom stereocenters. The molecule has 0 aliphatic heterocycles. The molecule has 18 heavy (non-hydrogen) atoms. The van der Waals surface area contributed by atoms with Crippen molar-refractivity contribution in [3.63, 3.8) is 0 Å². The molecule has 0 amide bonds. The van der Waals surface area contributed by atoms with Crippen LogP contribution in [0.15, 0.2) is 30.5 Å². The predicted molar refractivity (Wildman–Crippen MR) is 70.3 cm³/mol. The summed E-state index contributed by atoms with van der Waals surface area (Å²) in [6, 6.07) is 7.99. The van der Waals surface area contributed by atoms with Gasteiger partial charge in [0.05, 0.1) is 5.82 Å². The van der Waals surface area contributed by atoms with E-state index in [0.717, 1.165) is 12.2 Å². The van der Waals surface area contributed by atoms with Crippen LogP contribution in [0.25, 0.3) is 5.82 Å². The predicted octanol–water partition coefficient (Wildman–Crippen LogP) is 3.57. The van der Waals surface area contributed by atoms with Gasteiger partial charge in [0.1, 0.15) is 0 Å². The summed E-state index contributed by atoms with van der Waals surface area (Å²) < 4.78 is 2.07. The molecule has 0 unspecified atom stereocenters. The summed E-state index contributed by atoms with van der Waals surface area (Å²) >= 11 is 0. The zero-order chi connectivity index (χ0) is 12.5. The van der Waals surface area contributed by atoms with E-state index in [4.69, 9.17) is 0 Å². The number of pyridine rings is 1. The minimum Gasteiger partial charge on any atom is -0.432 e. The van der Waals surface area contributed by atoms with Crippen molar-refractivity contribution in [1.29, 1.82) is 0 Å². The van der Waals surface area contributed by atoms with Crippen molar-refractivity contribution in [2.45, 2.75) is 34.1 Å². The van der Waals surface area contributed by atoms with E-state index in [9.17, 15) is 0 Å². The van der Waals surface area contributed by atoms with Gasteiger partial charge in [0, 0.05) is 26.3 Å². The molecule has 2 aromatic heterocycles. The van der Waals surface area contributed by atoms with Crippen molar-refractivity contribution in [2.75, 3.05) is 0 Å². The van der Waals surface area contributed by atoms with E-state index >= 15 is 0 Å². The Bertz CT molecular complexity index is 495. The molecule has 2 nitrogen and oxygen atoms in total. The number of aryl methyl sites for hydroxylation is 1. The van der Waals surface area contributed by atoms with Crippen LogP contribution in [0, 0.1) is 18.5 Å². The molecule has 1 radical (unpaired) electrons. The Hall–Kier alpha value is -0.921. The summed E-state index contributed by atoms with van der Waals surface area (Å²) in [5, 5.41) is 0. The fraction of sp³-hybridized carbons (Fsp3) is 0.400. The van der Waals surface area contributed by atoms with Crippen molar-refractivity contribution < 1.29 is 20.1 Å². The fourth-order valence-electron chi connectivity index (χ4n) is 1.91. The topological polar surface area (TPSA) is 17.8 Å². The number of hydrogen-bond acceptors (Lipinski definition) is 1. The fourth-order valence-corrected chi connectivity index (χ4v) is 1.91.